The predicted octanol–water partition coefficient (Wildman–Crippen LogP) is -2.80. The van der Waals surface area contributed by atoms with Crippen molar-refractivity contribution in [3.8, 4) is 0 Å². The molecule has 0 bridgehead atoms. The second-order valence-corrected chi connectivity index (χ2v) is 14.4. The molecule has 46 heavy (non-hydrogen) atoms. The van der Waals surface area contributed by atoms with E-state index in [4.69, 9.17) is 29.3 Å². The highest BCUT2D eigenvalue weighted by Gasteiger charge is 2.46. The lowest BCUT2D eigenvalue weighted by Crippen LogP contribution is -2.33. The number of H-pyrrole nitrogens is 2. The minimum absolute atomic E-state index is 0.319. The van der Waals surface area contributed by atoms with Gasteiger partial charge in [0.25, 0.3) is 11.1 Å². The number of phosphoric acid groups is 3. The van der Waals surface area contributed by atoms with E-state index in [9.17, 15) is 48.0 Å². The second kappa shape index (κ2) is 14.8. The summed E-state index contributed by atoms with van der Waals surface area (Å²) < 4.78 is 58.0. The van der Waals surface area contributed by atoms with E-state index in [-0.39, 0.29) is 12.5 Å². The lowest BCUT2D eigenvalue weighted by Gasteiger charge is -2.19. The molecular formula is C20H31N4O19P3. The van der Waals surface area contributed by atoms with Gasteiger partial charge in [0.1, 0.15) is 24.7 Å². The quantitative estimate of drug-likeness (QED) is 0.112. The first-order valence-electron chi connectivity index (χ1n) is 12.8. The van der Waals surface area contributed by atoms with Gasteiger partial charge in [-0.1, -0.05) is 13.8 Å². The topological polar surface area (TPSA) is 349 Å². The first-order valence-corrected chi connectivity index (χ1v) is 17.4. The Morgan fingerprint density at radius 2 is 1.20 bits per heavy atom. The normalized spacial score (nSPS) is 30.6. The molecule has 2 aromatic rings. The van der Waals surface area contributed by atoms with Gasteiger partial charge in [-0.15, -0.1) is 0 Å². The number of nitrogens with zero attached hydrogens (tertiary/aromatic N) is 2. The van der Waals surface area contributed by atoms with E-state index < -0.39 is 95.4 Å². The predicted molar refractivity (Wildman–Crippen MR) is 148 cm³/mol. The standard InChI is InChI=1S/C10H17N2O14P3.C10H14N2O5/c1-5-8(14)6(24-9(5)12-3-2-7(13)11-10(12)15)4-23-28(19,20)26-29(21,22)25-27(16,17)18;1-5-8(15)6(4-13)17-9(5)12-3-2-7(14)11-10(12)16/h2-3,5-6,8-9,14H,4H2,1H3,(H,19,20)(H,21,22)(H,11,13,15)(H2,16,17,18);2-3,5-6,8-9,13,15H,4H2,1H3,(H,11,14,16)/t2*5-,6-,8+,9?/m11/s1. The van der Waals surface area contributed by atoms with Gasteiger partial charge < -0.3 is 44.4 Å². The van der Waals surface area contributed by atoms with Crippen LogP contribution in [0.4, 0.5) is 0 Å². The molecule has 0 amide bonds. The van der Waals surface area contributed by atoms with Crippen LogP contribution in [0.2, 0.25) is 0 Å². The fraction of sp³-hybridized carbons (Fsp3) is 0.600. The highest BCUT2D eigenvalue weighted by atomic mass is 31.3. The molecule has 0 aromatic carbocycles. The van der Waals surface area contributed by atoms with Crippen LogP contribution in [0.3, 0.4) is 0 Å². The summed E-state index contributed by atoms with van der Waals surface area (Å²) in [7, 11) is -16.6. The van der Waals surface area contributed by atoms with Crippen LogP contribution in [-0.4, -0.2) is 91.6 Å². The number of nitrogens with one attached hydrogen (secondary N) is 2. The van der Waals surface area contributed by atoms with Gasteiger partial charge in [-0.3, -0.25) is 33.2 Å². The number of aromatic amines is 2. The van der Waals surface area contributed by atoms with E-state index in [1.54, 1.807) is 6.92 Å². The van der Waals surface area contributed by atoms with Crippen molar-refractivity contribution in [3.63, 3.8) is 0 Å². The van der Waals surface area contributed by atoms with Crippen molar-refractivity contribution in [2.75, 3.05) is 13.2 Å². The van der Waals surface area contributed by atoms with E-state index >= 15 is 0 Å². The third-order valence-corrected chi connectivity index (χ3v) is 10.4. The number of aliphatic hydroxyl groups is 3. The summed E-state index contributed by atoms with van der Waals surface area (Å²) in [6.45, 7) is 1.98. The summed E-state index contributed by atoms with van der Waals surface area (Å²) >= 11 is 0. The molecule has 0 saturated carbocycles. The summed E-state index contributed by atoms with van der Waals surface area (Å²) in [5.74, 6) is -1.11. The van der Waals surface area contributed by atoms with E-state index in [2.05, 4.69) is 18.1 Å². The van der Waals surface area contributed by atoms with Crippen molar-refractivity contribution in [2.45, 2.75) is 50.7 Å². The molecule has 26 heteroatoms. The molecule has 2 aliphatic heterocycles. The first-order chi connectivity index (χ1) is 21.1. The fourth-order valence-electron chi connectivity index (χ4n) is 4.43. The molecular weight excluding hydrogens is 693 g/mol. The average molecular weight is 724 g/mol. The summed E-state index contributed by atoms with van der Waals surface area (Å²) in [4.78, 5) is 85.0. The van der Waals surface area contributed by atoms with Crippen LogP contribution in [0.1, 0.15) is 26.3 Å². The van der Waals surface area contributed by atoms with Crippen molar-refractivity contribution in [1.82, 2.24) is 19.1 Å². The monoisotopic (exact) mass is 724 g/mol. The minimum Gasteiger partial charge on any atom is -0.394 e. The summed E-state index contributed by atoms with van der Waals surface area (Å²) in [5, 5.41) is 28.9. The molecule has 9 N–H and O–H groups in total. The third kappa shape index (κ3) is 9.80. The number of ether oxygens (including phenoxy) is 2. The van der Waals surface area contributed by atoms with Crippen LogP contribution in [0, 0.1) is 11.8 Å². The molecule has 2 aromatic heterocycles. The molecule has 260 valence electrons. The number of hydrogen-bond donors (Lipinski definition) is 9. The second-order valence-electron chi connectivity index (χ2n) is 9.93. The molecule has 2 saturated heterocycles. The minimum atomic E-state index is -5.68. The van der Waals surface area contributed by atoms with Gasteiger partial charge in [0.05, 0.1) is 25.4 Å². The van der Waals surface area contributed by atoms with E-state index in [1.165, 1.54) is 23.8 Å². The molecule has 0 radical (unpaired) electrons. The van der Waals surface area contributed by atoms with Crippen molar-refractivity contribution in [2.24, 2.45) is 11.8 Å². The zero-order valence-electron chi connectivity index (χ0n) is 23.6. The molecule has 10 atom stereocenters. The number of hydrogen-bond acceptors (Lipinski definition) is 15. The molecule has 4 heterocycles. The van der Waals surface area contributed by atoms with Crippen molar-refractivity contribution in [1.29, 1.82) is 0 Å². The Bertz CT molecular complexity index is 1750. The third-order valence-electron chi connectivity index (χ3n) is 6.62. The van der Waals surface area contributed by atoms with E-state index in [0.29, 0.717) is 0 Å². The van der Waals surface area contributed by atoms with Crippen LogP contribution in [-0.2, 0) is 36.3 Å². The van der Waals surface area contributed by atoms with Crippen LogP contribution >= 0.6 is 23.5 Å². The largest absolute Gasteiger partial charge is 0.490 e. The van der Waals surface area contributed by atoms with Gasteiger partial charge in [-0.05, 0) is 0 Å². The number of aliphatic hydroxyl groups excluding tert-OH is 3. The Labute approximate surface area is 256 Å². The maximum absolute atomic E-state index is 11.8. The highest BCUT2D eigenvalue weighted by molar-refractivity contribution is 7.66. The van der Waals surface area contributed by atoms with E-state index in [1.807, 2.05) is 4.98 Å². The molecule has 2 aliphatic rings. The fourth-order valence-corrected chi connectivity index (χ4v) is 7.46. The average Bonchev–Trinajstić information content (AvgIpc) is 3.35. The molecule has 4 unspecified atom stereocenters. The van der Waals surface area contributed by atoms with Crippen molar-refractivity contribution < 1.29 is 71.2 Å². The van der Waals surface area contributed by atoms with Crippen LogP contribution in [0.15, 0.2) is 43.7 Å². The Hall–Kier alpha value is -2.43. The van der Waals surface area contributed by atoms with Gasteiger partial charge in [0, 0.05) is 36.4 Å². The Morgan fingerprint density at radius 1 is 0.761 bits per heavy atom. The number of phosphoric ester groups is 1. The maximum Gasteiger partial charge on any atom is 0.490 e. The summed E-state index contributed by atoms with van der Waals surface area (Å²) in [6.07, 6.45) is -3.58. The van der Waals surface area contributed by atoms with Crippen molar-refractivity contribution in [3.05, 3.63) is 66.2 Å². The lowest BCUT2D eigenvalue weighted by molar-refractivity contribution is -0.0477. The molecule has 23 nitrogen and oxygen atoms in total. The zero-order valence-corrected chi connectivity index (χ0v) is 26.3. The Balaban J connectivity index is 0.000000286. The Kier molecular flexibility index (Phi) is 12.2. The zero-order chi connectivity index (χ0) is 34.8. The first kappa shape index (κ1) is 38.0. The van der Waals surface area contributed by atoms with Crippen LogP contribution in [0.5, 0.6) is 0 Å². The van der Waals surface area contributed by atoms with Crippen LogP contribution in [0.25, 0.3) is 0 Å². The molecule has 0 aliphatic carbocycles. The van der Waals surface area contributed by atoms with E-state index in [0.717, 1.165) is 16.8 Å². The molecule has 4 rings (SSSR count). The smallest absolute Gasteiger partial charge is 0.394 e. The highest BCUT2D eigenvalue weighted by Crippen LogP contribution is 2.66. The maximum atomic E-state index is 11.8. The lowest BCUT2D eigenvalue weighted by atomic mass is 10.0. The summed E-state index contributed by atoms with van der Waals surface area (Å²) in [6, 6.07) is 2.24. The van der Waals surface area contributed by atoms with Gasteiger partial charge in [-0.25, -0.2) is 23.3 Å². The Morgan fingerprint density at radius 3 is 1.59 bits per heavy atom. The van der Waals surface area contributed by atoms with Gasteiger partial charge in [-0.2, -0.15) is 8.62 Å². The van der Waals surface area contributed by atoms with Gasteiger partial charge >= 0.3 is 34.8 Å². The van der Waals surface area contributed by atoms with Gasteiger partial charge in [0.15, 0.2) is 0 Å². The van der Waals surface area contributed by atoms with Crippen molar-refractivity contribution >= 4 is 23.5 Å². The molecule has 0 spiro atoms. The number of aromatic nitrogens is 4. The molecule has 2 fully saturated rings. The SMILES string of the molecule is C[C@H]1C(n2ccc(=O)[nH]c2=O)O[C@H](CO)[C@H]1O.C[C@H]1C(n2ccc(=O)[nH]c2=O)O[C@H](COP(=O)(O)OP(=O)(O)OP(=O)(O)O)[C@H]1O. The number of rotatable bonds is 10. The van der Waals surface area contributed by atoms with Gasteiger partial charge in [0.2, 0.25) is 0 Å². The van der Waals surface area contributed by atoms with Crippen LogP contribution < -0.4 is 22.5 Å². The summed E-state index contributed by atoms with van der Waals surface area (Å²) in [5.41, 5.74) is -2.59.